The molecule has 0 aromatic carbocycles. The lowest BCUT2D eigenvalue weighted by Crippen LogP contribution is -2.00. The minimum atomic E-state index is -0.236. The highest BCUT2D eigenvalue weighted by Crippen LogP contribution is 2.32. The first-order valence-corrected chi connectivity index (χ1v) is 9.51. The molecular weight excluding hydrogens is 292 g/mol. The Hall–Kier alpha value is -0.880. The number of thioether (sulfide) groups is 2. The lowest BCUT2D eigenvalue weighted by atomic mass is 10.1. The van der Waals surface area contributed by atoms with Crippen LogP contribution in [-0.4, -0.2) is 40.0 Å². The van der Waals surface area contributed by atoms with Gasteiger partial charge in [0.2, 0.25) is 0 Å². The number of aromatic hydroxyl groups is 1. The number of carbonyl (C=O) groups excluding carboxylic acids is 1. The topological polar surface area (TPSA) is 65.5 Å². The van der Waals surface area contributed by atoms with Crippen molar-refractivity contribution in [2.45, 2.75) is 33.4 Å². The maximum atomic E-state index is 11.7. The van der Waals surface area contributed by atoms with Crippen LogP contribution in [0.15, 0.2) is 4.99 Å². The highest BCUT2D eigenvalue weighted by molar-refractivity contribution is 7.99. The van der Waals surface area contributed by atoms with Gasteiger partial charge in [-0.05, 0) is 12.5 Å². The van der Waals surface area contributed by atoms with Gasteiger partial charge in [-0.15, -0.1) is 0 Å². The molecule has 0 bridgehead atoms. The molecule has 0 spiro atoms. The third-order valence-corrected chi connectivity index (χ3v) is 3.51. The predicted molar refractivity (Wildman–Crippen MR) is 91.6 cm³/mol. The molecule has 0 fully saturated rings. The molecule has 0 atom stereocenters. The highest BCUT2D eigenvalue weighted by atomic mass is 32.2. The summed E-state index contributed by atoms with van der Waals surface area (Å²) in [6.45, 7) is 8.00. The van der Waals surface area contributed by atoms with Crippen LogP contribution in [-0.2, 0) is 5.75 Å². The summed E-state index contributed by atoms with van der Waals surface area (Å²) in [6, 6.07) is 0. The number of H-pyrrole nitrogens is 1. The SMILES string of the molecule is CC.CC.CSCC1=NC(=O)c2c(CSC)[nH]c(O)c21. The molecule has 2 rings (SSSR count). The molecule has 0 aliphatic carbocycles. The molecule has 20 heavy (non-hydrogen) atoms. The molecule has 1 amide bonds. The van der Waals surface area contributed by atoms with E-state index in [1.54, 1.807) is 23.5 Å². The molecule has 0 saturated heterocycles. The van der Waals surface area contributed by atoms with Gasteiger partial charge in [0.25, 0.3) is 5.91 Å². The smallest absolute Gasteiger partial charge is 0.279 e. The number of amides is 1. The minimum Gasteiger partial charge on any atom is -0.494 e. The van der Waals surface area contributed by atoms with E-state index in [1.807, 2.05) is 40.2 Å². The van der Waals surface area contributed by atoms with Crippen molar-refractivity contribution in [3.8, 4) is 5.88 Å². The fraction of sp³-hybridized carbons (Fsp3) is 0.571. The molecule has 114 valence electrons. The van der Waals surface area contributed by atoms with Crippen molar-refractivity contribution >= 4 is 35.1 Å². The average molecular weight is 316 g/mol. The number of nitrogens with zero attached hydrogens (tertiary/aromatic N) is 1. The van der Waals surface area contributed by atoms with E-state index >= 15 is 0 Å². The Bertz CT molecular complexity index is 468. The van der Waals surface area contributed by atoms with Gasteiger partial charge in [0, 0.05) is 17.2 Å². The van der Waals surface area contributed by atoms with Gasteiger partial charge in [-0.3, -0.25) is 4.79 Å². The molecule has 6 heteroatoms. The van der Waals surface area contributed by atoms with E-state index in [-0.39, 0.29) is 11.8 Å². The van der Waals surface area contributed by atoms with Crippen LogP contribution in [0.2, 0.25) is 0 Å². The van der Waals surface area contributed by atoms with Crippen molar-refractivity contribution in [2.24, 2.45) is 4.99 Å². The second kappa shape index (κ2) is 9.94. The molecular formula is C14H24N2O2S2. The van der Waals surface area contributed by atoms with E-state index in [0.29, 0.717) is 28.3 Å². The first-order valence-electron chi connectivity index (χ1n) is 6.73. The molecule has 1 aliphatic rings. The maximum Gasteiger partial charge on any atom is 0.279 e. The molecule has 0 unspecified atom stereocenters. The zero-order valence-corrected chi connectivity index (χ0v) is 14.7. The summed E-state index contributed by atoms with van der Waals surface area (Å²) in [5.74, 6) is 1.15. The fourth-order valence-electron chi connectivity index (χ4n) is 1.78. The average Bonchev–Trinajstić information content (AvgIpc) is 2.96. The van der Waals surface area contributed by atoms with Crippen LogP contribution in [0.4, 0.5) is 0 Å². The maximum absolute atomic E-state index is 11.7. The number of hydrogen-bond donors (Lipinski definition) is 2. The van der Waals surface area contributed by atoms with Crippen LogP contribution in [0.25, 0.3) is 0 Å². The zero-order chi connectivity index (χ0) is 15.7. The van der Waals surface area contributed by atoms with Gasteiger partial charge in [0.15, 0.2) is 5.88 Å². The summed E-state index contributed by atoms with van der Waals surface area (Å²) in [7, 11) is 0. The molecule has 0 saturated carbocycles. The van der Waals surface area contributed by atoms with Gasteiger partial charge in [-0.2, -0.15) is 23.5 Å². The number of aromatic nitrogens is 1. The van der Waals surface area contributed by atoms with Crippen LogP contribution in [0.5, 0.6) is 5.88 Å². The van der Waals surface area contributed by atoms with Crippen LogP contribution in [0.3, 0.4) is 0 Å². The summed E-state index contributed by atoms with van der Waals surface area (Å²) in [5.41, 5.74) is 2.60. The van der Waals surface area contributed by atoms with Gasteiger partial charge >= 0.3 is 0 Å². The molecule has 0 radical (unpaired) electrons. The van der Waals surface area contributed by atoms with Crippen molar-refractivity contribution < 1.29 is 9.90 Å². The van der Waals surface area contributed by atoms with Crippen molar-refractivity contribution in [1.29, 1.82) is 0 Å². The fourth-order valence-corrected chi connectivity index (χ4v) is 2.77. The van der Waals surface area contributed by atoms with Gasteiger partial charge in [-0.1, -0.05) is 27.7 Å². The Labute approximate surface area is 129 Å². The normalized spacial score (nSPS) is 11.9. The van der Waals surface area contributed by atoms with E-state index in [1.165, 1.54) is 0 Å². The Morgan fingerprint density at radius 1 is 1.05 bits per heavy atom. The van der Waals surface area contributed by atoms with Gasteiger partial charge in [0.1, 0.15) is 0 Å². The van der Waals surface area contributed by atoms with E-state index in [9.17, 15) is 9.90 Å². The van der Waals surface area contributed by atoms with Crippen molar-refractivity contribution in [2.75, 3.05) is 18.3 Å². The predicted octanol–water partition coefficient (Wildman–Crippen LogP) is 3.94. The third-order valence-electron chi connectivity index (χ3n) is 2.37. The molecule has 1 aliphatic heterocycles. The van der Waals surface area contributed by atoms with Crippen LogP contribution in [0, 0.1) is 0 Å². The summed E-state index contributed by atoms with van der Waals surface area (Å²) in [5, 5.41) is 9.79. The van der Waals surface area contributed by atoms with E-state index < -0.39 is 0 Å². The number of aliphatic imine (C=N–C) groups is 1. The first-order chi connectivity index (χ1) is 9.69. The van der Waals surface area contributed by atoms with Crippen LogP contribution < -0.4 is 0 Å². The van der Waals surface area contributed by atoms with E-state index in [2.05, 4.69) is 9.98 Å². The number of hydrogen-bond acceptors (Lipinski definition) is 4. The Morgan fingerprint density at radius 2 is 1.60 bits per heavy atom. The molecule has 1 aromatic heterocycles. The minimum absolute atomic E-state index is 0.0673. The van der Waals surface area contributed by atoms with Crippen molar-refractivity contribution in [1.82, 2.24) is 4.98 Å². The summed E-state index contributed by atoms with van der Waals surface area (Å²) in [4.78, 5) is 18.6. The lowest BCUT2D eigenvalue weighted by Gasteiger charge is -1.96. The van der Waals surface area contributed by atoms with Crippen molar-refractivity contribution in [3.63, 3.8) is 0 Å². The number of fused-ring (bicyclic) bond motifs is 1. The molecule has 1 aromatic rings. The summed E-state index contributed by atoms with van der Waals surface area (Å²) in [6.07, 6.45) is 3.89. The monoisotopic (exact) mass is 316 g/mol. The molecule has 2 N–H and O–H groups in total. The highest BCUT2D eigenvalue weighted by Gasteiger charge is 2.31. The number of nitrogens with one attached hydrogen (secondary N) is 1. The quantitative estimate of drug-likeness (QED) is 0.883. The van der Waals surface area contributed by atoms with Gasteiger partial charge in [0.05, 0.1) is 16.8 Å². The standard InChI is InChI=1S/C10H12N2O2S2.2C2H6/c1-15-3-5-7-8(10(14)11-5)6(4-16-2)12-9(7)13;2*1-2/h11,14H,3-4H2,1-2H3;2*1-2H3. The number of aromatic amines is 1. The zero-order valence-electron chi connectivity index (χ0n) is 13.0. The molecule has 4 nitrogen and oxygen atoms in total. The van der Waals surface area contributed by atoms with Crippen molar-refractivity contribution in [3.05, 3.63) is 16.8 Å². The van der Waals surface area contributed by atoms with E-state index in [4.69, 9.17) is 0 Å². The van der Waals surface area contributed by atoms with Gasteiger partial charge in [-0.25, -0.2) is 4.99 Å². The summed E-state index contributed by atoms with van der Waals surface area (Å²) < 4.78 is 0. The van der Waals surface area contributed by atoms with Crippen LogP contribution >= 0.6 is 23.5 Å². The Kier molecular flexibility index (Phi) is 9.50. The second-order valence-electron chi connectivity index (χ2n) is 3.43. The summed E-state index contributed by atoms with van der Waals surface area (Å²) >= 11 is 3.18. The lowest BCUT2D eigenvalue weighted by molar-refractivity contribution is 0.101. The Morgan fingerprint density at radius 3 is 2.10 bits per heavy atom. The largest absolute Gasteiger partial charge is 0.494 e. The first kappa shape index (κ1) is 19.1. The number of carbonyl (C=O) groups is 1. The second-order valence-corrected chi connectivity index (χ2v) is 5.16. The van der Waals surface area contributed by atoms with E-state index in [0.717, 1.165) is 5.69 Å². The Balaban J connectivity index is 0.000000829. The van der Waals surface area contributed by atoms with Crippen LogP contribution in [0.1, 0.15) is 49.3 Å². The number of rotatable bonds is 4. The third kappa shape index (κ3) is 4.06. The molecule has 2 heterocycles. The van der Waals surface area contributed by atoms with Gasteiger partial charge < -0.3 is 10.1 Å².